The molecular weight excluding hydrogens is 216 g/mol. The molecule has 0 unspecified atom stereocenters. The third-order valence-electron chi connectivity index (χ3n) is 2.99. The smallest absolute Gasteiger partial charge is 0.157 e. The molecule has 2 aromatic rings. The maximum Gasteiger partial charge on any atom is 0.157 e. The van der Waals surface area contributed by atoms with E-state index < -0.39 is 0 Å². The van der Waals surface area contributed by atoms with Gasteiger partial charge in [0, 0.05) is 25.4 Å². The lowest BCUT2D eigenvalue weighted by molar-refractivity contribution is -0.00545. The van der Waals surface area contributed by atoms with Crippen molar-refractivity contribution < 1.29 is 4.74 Å². The van der Waals surface area contributed by atoms with Crippen LogP contribution in [0.1, 0.15) is 13.8 Å². The molecule has 17 heavy (non-hydrogen) atoms. The first-order valence-electron chi connectivity index (χ1n) is 5.93. The molecule has 0 aromatic carbocycles. The largest absolute Gasteiger partial charge is 0.372 e. The number of nitrogens with zero attached hydrogens (tertiary/aromatic N) is 4. The Morgan fingerprint density at radius 3 is 2.76 bits per heavy atom. The number of aromatic nitrogens is 3. The molecule has 0 radical (unpaired) electrons. The number of ether oxygens (including phenoxy) is 1. The molecule has 1 fully saturated rings. The molecule has 0 saturated carbocycles. The predicted molar refractivity (Wildman–Crippen MR) is 65.2 cm³/mol. The lowest BCUT2D eigenvalue weighted by Crippen LogP contribution is -2.45. The van der Waals surface area contributed by atoms with Crippen molar-refractivity contribution in [3.63, 3.8) is 0 Å². The molecule has 0 bridgehead atoms. The summed E-state index contributed by atoms with van der Waals surface area (Å²) >= 11 is 0. The Morgan fingerprint density at radius 1 is 1.24 bits per heavy atom. The second-order valence-electron chi connectivity index (χ2n) is 4.58. The van der Waals surface area contributed by atoms with E-state index in [9.17, 15) is 0 Å². The fraction of sp³-hybridized carbons (Fsp3) is 0.500. The number of morpholine rings is 1. The summed E-state index contributed by atoms with van der Waals surface area (Å²) in [6.07, 6.45) is 4.21. The molecule has 0 spiro atoms. The SMILES string of the molecule is C[C@@H]1CN(c2ccn3nccc3n2)C[C@H](C)O1. The lowest BCUT2D eigenvalue weighted by atomic mass is 10.2. The van der Waals surface area contributed by atoms with Gasteiger partial charge in [-0.15, -0.1) is 0 Å². The second-order valence-corrected chi connectivity index (χ2v) is 4.58. The molecule has 0 N–H and O–H groups in total. The zero-order valence-corrected chi connectivity index (χ0v) is 10.1. The summed E-state index contributed by atoms with van der Waals surface area (Å²) < 4.78 is 7.50. The van der Waals surface area contributed by atoms with Crippen LogP contribution in [-0.2, 0) is 4.74 Å². The Bertz CT molecular complexity index is 514. The molecule has 0 amide bonds. The van der Waals surface area contributed by atoms with E-state index in [1.54, 1.807) is 10.7 Å². The average molecular weight is 232 g/mol. The fourth-order valence-electron chi connectivity index (χ4n) is 2.34. The van der Waals surface area contributed by atoms with Gasteiger partial charge in [0.05, 0.1) is 18.4 Å². The molecule has 5 nitrogen and oxygen atoms in total. The zero-order chi connectivity index (χ0) is 11.8. The third kappa shape index (κ3) is 1.98. The van der Waals surface area contributed by atoms with Crippen molar-refractivity contribution in [1.82, 2.24) is 14.6 Å². The molecule has 3 rings (SSSR count). The molecule has 1 saturated heterocycles. The fourth-order valence-corrected chi connectivity index (χ4v) is 2.34. The van der Waals surface area contributed by atoms with Gasteiger partial charge in [-0.2, -0.15) is 5.10 Å². The van der Waals surface area contributed by atoms with Crippen LogP contribution in [0.15, 0.2) is 24.5 Å². The highest BCUT2D eigenvalue weighted by atomic mass is 16.5. The van der Waals surface area contributed by atoms with Gasteiger partial charge in [-0.3, -0.25) is 0 Å². The van der Waals surface area contributed by atoms with Gasteiger partial charge in [0.25, 0.3) is 0 Å². The average Bonchev–Trinajstić information content (AvgIpc) is 2.74. The summed E-state index contributed by atoms with van der Waals surface area (Å²) in [4.78, 5) is 6.87. The van der Waals surface area contributed by atoms with Crippen molar-refractivity contribution in [3.8, 4) is 0 Å². The maximum atomic E-state index is 5.72. The van der Waals surface area contributed by atoms with Gasteiger partial charge in [0.1, 0.15) is 5.82 Å². The van der Waals surface area contributed by atoms with E-state index in [2.05, 4.69) is 28.8 Å². The highest BCUT2D eigenvalue weighted by Crippen LogP contribution is 2.18. The van der Waals surface area contributed by atoms with Crippen LogP contribution in [0.5, 0.6) is 0 Å². The maximum absolute atomic E-state index is 5.72. The standard InChI is InChI=1S/C12H16N4O/c1-9-7-15(8-10(2)17-9)11-4-6-16-12(14-11)3-5-13-16/h3-6,9-10H,7-8H2,1-2H3/t9-,10+. The first-order valence-corrected chi connectivity index (χ1v) is 5.93. The van der Waals surface area contributed by atoms with Crippen molar-refractivity contribution >= 4 is 11.5 Å². The highest BCUT2D eigenvalue weighted by Gasteiger charge is 2.23. The number of anilines is 1. The number of fused-ring (bicyclic) bond motifs is 1. The van der Waals surface area contributed by atoms with Crippen LogP contribution < -0.4 is 4.90 Å². The Morgan fingerprint density at radius 2 is 2.00 bits per heavy atom. The summed E-state index contributed by atoms with van der Waals surface area (Å²) in [5, 5.41) is 4.15. The third-order valence-corrected chi connectivity index (χ3v) is 2.99. The van der Waals surface area contributed by atoms with Crippen LogP contribution in [0, 0.1) is 0 Å². The zero-order valence-electron chi connectivity index (χ0n) is 10.1. The van der Waals surface area contributed by atoms with Crippen LogP contribution in [0.4, 0.5) is 5.82 Å². The minimum Gasteiger partial charge on any atom is -0.372 e. The quantitative estimate of drug-likeness (QED) is 0.744. The monoisotopic (exact) mass is 232 g/mol. The normalized spacial score (nSPS) is 25.4. The van der Waals surface area contributed by atoms with E-state index in [4.69, 9.17) is 4.74 Å². The van der Waals surface area contributed by atoms with E-state index in [1.165, 1.54) is 0 Å². The van der Waals surface area contributed by atoms with Crippen molar-refractivity contribution in [2.45, 2.75) is 26.1 Å². The molecule has 3 heterocycles. The molecule has 2 atom stereocenters. The van der Waals surface area contributed by atoms with Crippen LogP contribution in [0.2, 0.25) is 0 Å². The minimum absolute atomic E-state index is 0.252. The molecule has 5 heteroatoms. The summed E-state index contributed by atoms with van der Waals surface area (Å²) in [5.41, 5.74) is 0.884. The summed E-state index contributed by atoms with van der Waals surface area (Å²) in [6, 6.07) is 3.92. The van der Waals surface area contributed by atoms with Crippen LogP contribution in [0.25, 0.3) is 5.65 Å². The van der Waals surface area contributed by atoms with Gasteiger partial charge in [-0.05, 0) is 19.9 Å². The first kappa shape index (κ1) is 10.5. The van der Waals surface area contributed by atoms with Crippen molar-refractivity contribution in [2.75, 3.05) is 18.0 Å². The van der Waals surface area contributed by atoms with E-state index in [1.807, 2.05) is 18.3 Å². The van der Waals surface area contributed by atoms with Crippen LogP contribution >= 0.6 is 0 Å². The van der Waals surface area contributed by atoms with E-state index in [-0.39, 0.29) is 12.2 Å². The molecule has 2 aromatic heterocycles. The number of hydrogen-bond donors (Lipinski definition) is 0. The predicted octanol–water partition coefficient (Wildman–Crippen LogP) is 1.34. The number of rotatable bonds is 1. The molecular formula is C12H16N4O. The van der Waals surface area contributed by atoms with Crippen LogP contribution in [-0.4, -0.2) is 39.9 Å². The lowest BCUT2D eigenvalue weighted by Gasteiger charge is -2.36. The van der Waals surface area contributed by atoms with Crippen LogP contribution in [0.3, 0.4) is 0 Å². The summed E-state index contributed by atoms with van der Waals surface area (Å²) in [7, 11) is 0. The summed E-state index contributed by atoms with van der Waals surface area (Å²) in [6.45, 7) is 5.98. The molecule has 90 valence electrons. The Hall–Kier alpha value is -1.62. The minimum atomic E-state index is 0.252. The van der Waals surface area contributed by atoms with E-state index in [0.29, 0.717) is 0 Å². The van der Waals surface area contributed by atoms with Gasteiger partial charge in [0.15, 0.2) is 5.65 Å². The Balaban J connectivity index is 1.91. The molecule has 1 aliphatic heterocycles. The topological polar surface area (TPSA) is 42.7 Å². The second kappa shape index (κ2) is 4.00. The van der Waals surface area contributed by atoms with Gasteiger partial charge in [-0.1, -0.05) is 0 Å². The molecule has 1 aliphatic rings. The number of hydrogen-bond acceptors (Lipinski definition) is 4. The van der Waals surface area contributed by atoms with E-state index >= 15 is 0 Å². The van der Waals surface area contributed by atoms with Gasteiger partial charge >= 0.3 is 0 Å². The Kier molecular flexibility index (Phi) is 2.48. The molecule has 0 aliphatic carbocycles. The van der Waals surface area contributed by atoms with Crippen molar-refractivity contribution in [1.29, 1.82) is 0 Å². The van der Waals surface area contributed by atoms with Gasteiger partial charge in [-0.25, -0.2) is 9.50 Å². The van der Waals surface area contributed by atoms with Gasteiger partial charge < -0.3 is 9.64 Å². The van der Waals surface area contributed by atoms with Crippen molar-refractivity contribution in [2.24, 2.45) is 0 Å². The Labute approximate surface area is 100 Å². The van der Waals surface area contributed by atoms with E-state index in [0.717, 1.165) is 24.6 Å². The first-order chi connectivity index (χ1) is 8.22. The highest BCUT2D eigenvalue weighted by molar-refractivity contribution is 5.47. The van der Waals surface area contributed by atoms with Crippen molar-refractivity contribution in [3.05, 3.63) is 24.5 Å². The van der Waals surface area contributed by atoms with Gasteiger partial charge in [0.2, 0.25) is 0 Å². The summed E-state index contributed by atoms with van der Waals surface area (Å²) in [5.74, 6) is 1.00.